The highest BCUT2D eigenvalue weighted by atomic mass is 15.3. The minimum Gasteiger partial charge on any atom is -0.362 e. The van der Waals surface area contributed by atoms with Gasteiger partial charge in [-0.05, 0) is 19.9 Å². The quantitative estimate of drug-likeness (QED) is 0.540. The zero-order chi connectivity index (χ0) is 7.56. The third-order valence-corrected chi connectivity index (χ3v) is 1.25. The van der Waals surface area contributed by atoms with Crippen molar-refractivity contribution in [2.75, 3.05) is 0 Å². The van der Waals surface area contributed by atoms with E-state index in [4.69, 9.17) is 6.57 Å². The molecular weight excluding hydrogens is 126 g/mol. The van der Waals surface area contributed by atoms with Crippen LogP contribution in [-0.4, -0.2) is 9.78 Å². The second-order valence-corrected chi connectivity index (χ2v) is 2.34. The van der Waals surface area contributed by atoms with Crippen LogP contribution < -0.4 is 0 Å². The Morgan fingerprint density at radius 3 is 2.80 bits per heavy atom. The Morgan fingerprint density at radius 1 is 1.70 bits per heavy atom. The van der Waals surface area contributed by atoms with Crippen LogP contribution in [0.25, 0.3) is 4.85 Å². The Hall–Kier alpha value is -1.30. The summed E-state index contributed by atoms with van der Waals surface area (Å²) in [6.45, 7) is 10.8. The molecule has 3 nitrogen and oxygen atoms in total. The summed E-state index contributed by atoms with van der Waals surface area (Å²) in [7, 11) is 0. The Morgan fingerprint density at radius 2 is 2.40 bits per heavy atom. The van der Waals surface area contributed by atoms with Crippen LogP contribution in [0.15, 0.2) is 12.3 Å². The third kappa shape index (κ3) is 1.01. The van der Waals surface area contributed by atoms with Gasteiger partial charge < -0.3 is 4.85 Å². The Kier molecular flexibility index (Phi) is 1.72. The van der Waals surface area contributed by atoms with Gasteiger partial charge in [0, 0.05) is 0 Å². The molecule has 0 atom stereocenters. The largest absolute Gasteiger partial charge is 0.362 e. The second kappa shape index (κ2) is 2.53. The van der Waals surface area contributed by atoms with Crippen LogP contribution in [0.2, 0.25) is 0 Å². The average molecular weight is 135 g/mol. The van der Waals surface area contributed by atoms with E-state index in [0.29, 0.717) is 5.82 Å². The molecule has 0 unspecified atom stereocenters. The number of hydrogen-bond acceptors (Lipinski definition) is 1. The summed E-state index contributed by atoms with van der Waals surface area (Å²) in [5.41, 5.74) is 0. The summed E-state index contributed by atoms with van der Waals surface area (Å²) in [6.07, 6.45) is 1.65. The van der Waals surface area contributed by atoms with Gasteiger partial charge >= 0.3 is 0 Å². The average Bonchev–Trinajstić information content (AvgIpc) is 2.33. The highest BCUT2D eigenvalue weighted by Gasteiger charge is 2.05. The van der Waals surface area contributed by atoms with E-state index in [2.05, 4.69) is 9.94 Å². The molecule has 0 aliphatic heterocycles. The molecule has 0 N–H and O–H groups in total. The van der Waals surface area contributed by atoms with Gasteiger partial charge in [-0.1, -0.05) is 6.57 Å². The Balaban J connectivity index is 3.05. The Labute approximate surface area is 60.1 Å². The number of hydrogen-bond donors (Lipinski definition) is 0. The van der Waals surface area contributed by atoms with Gasteiger partial charge in [0.15, 0.2) is 0 Å². The predicted molar refractivity (Wildman–Crippen MR) is 38.9 cm³/mol. The van der Waals surface area contributed by atoms with Gasteiger partial charge in [-0.3, -0.25) is 0 Å². The van der Waals surface area contributed by atoms with E-state index in [1.54, 1.807) is 16.9 Å². The van der Waals surface area contributed by atoms with Crippen LogP contribution in [0, 0.1) is 6.57 Å². The summed E-state index contributed by atoms with van der Waals surface area (Å²) in [5, 5.41) is 3.99. The van der Waals surface area contributed by atoms with Gasteiger partial charge in [0.1, 0.15) is 6.04 Å². The molecule has 1 rings (SSSR count). The van der Waals surface area contributed by atoms with Crippen LogP contribution in [0.4, 0.5) is 5.82 Å². The molecule has 0 fully saturated rings. The number of rotatable bonds is 1. The van der Waals surface area contributed by atoms with Crippen molar-refractivity contribution in [2.24, 2.45) is 0 Å². The van der Waals surface area contributed by atoms with E-state index >= 15 is 0 Å². The van der Waals surface area contributed by atoms with Crippen molar-refractivity contribution in [1.82, 2.24) is 9.78 Å². The van der Waals surface area contributed by atoms with Crippen molar-refractivity contribution in [3.63, 3.8) is 0 Å². The molecule has 0 amide bonds. The molecule has 3 heteroatoms. The van der Waals surface area contributed by atoms with Gasteiger partial charge in [0.05, 0.1) is 6.20 Å². The van der Waals surface area contributed by atoms with Crippen molar-refractivity contribution in [3.8, 4) is 0 Å². The fourth-order valence-electron chi connectivity index (χ4n) is 0.794. The van der Waals surface area contributed by atoms with Crippen molar-refractivity contribution in [3.05, 3.63) is 23.7 Å². The van der Waals surface area contributed by atoms with Crippen molar-refractivity contribution in [1.29, 1.82) is 0 Å². The summed E-state index contributed by atoms with van der Waals surface area (Å²) >= 11 is 0. The first-order valence-electron chi connectivity index (χ1n) is 3.16. The minimum atomic E-state index is 0.277. The first kappa shape index (κ1) is 6.81. The standard InChI is InChI=1S/C7H9N3/c1-6(2)10-7(8-3)4-5-9-10/h4-6H,1-2H3. The lowest BCUT2D eigenvalue weighted by molar-refractivity contribution is 0.542. The summed E-state index contributed by atoms with van der Waals surface area (Å²) < 4.78 is 1.70. The lowest BCUT2D eigenvalue weighted by Gasteiger charge is -2.01. The maximum Gasteiger partial charge on any atom is 0.252 e. The Bertz CT molecular complexity index is 254. The number of aromatic nitrogens is 2. The van der Waals surface area contributed by atoms with Gasteiger partial charge in [0.2, 0.25) is 0 Å². The molecule has 0 aromatic carbocycles. The van der Waals surface area contributed by atoms with Crippen LogP contribution in [0.1, 0.15) is 19.9 Å². The van der Waals surface area contributed by atoms with Gasteiger partial charge in [-0.15, -0.1) is 5.10 Å². The van der Waals surface area contributed by atoms with E-state index in [1.807, 2.05) is 13.8 Å². The molecule has 1 aromatic rings. The molecule has 0 aliphatic rings. The lowest BCUT2D eigenvalue weighted by Crippen LogP contribution is -2.00. The van der Waals surface area contributed by atoms with Crippen LogP contribution in [0.3, 0.4) is 0 Å². The molecule has 52 valence electrons. The molecule has 0 radical (unpaired) electrons. The fourth-order valence-corrected chi connectivity index (χ4v) is 0.794. The predicted octanol–water partition coefficient (Wildman–Crippen LogP) is 2.01. The van der Waals surface area contributed by atoms with Gasteiger partial charge in [-0.25, -0.2) is 0 Å². The van der Waals surface area contributed by atoms with E-state index in [9.17, 15) is 0 Å². The highest BCUT2D eigenvalue weighted by molar-refractivity contribution is 5.34. The first-order valence-corrected chi connectivity index (χ1v) is 3.16. The SMILES string of the molecule is [C-]#[N+]c1ccnn1C(C)C. The van der Waals surface area contributed by atoms with E-state index < -0.39 is 0 Å². The molecule has 0 spiro atoms. The molecule has 1 aromatic heterocycles. The highest BCUT2D eigenvalue weighted by Crippen LogP contribution is 2.15. The normalized spacial score (nSPS) is 9.80. The van der Waals surface area contributed by atoms with E-state index in [0.717, 1.165) is 0 Å². The van der Waals surface area contributed by atoms with Crippen LogP contribution in [-0.2, 0) is 0 Å². The summed E-state index contributed by atoms with van der Waals surface area (Å²) in [4.78, 5) is 3.30. The van der Waals surface area contributed by atoms with E-state index in [1.165, 1.54) is 0 Å². The van der Waals surface area contributed by atoms with Crippen molar-refractivity contribution < 1.29 is 0 Å². The lowest BCUT2D eigenvalue weighted by atomic mass is 10.4. The molecule has 1 heterocycles. The zero-order valence-corrected chi connectivity index (χ0v) is 6.07. The smallest absolute Gasteiger partial charge is 0.252 e. The maximum atomic E-state index is 6.76. The molecular formula is C7H9N3. The van der Waals surface area contributed by atoms with Gasteiger partial charge in [-0.2, -0.15) is 4.68 Å². The summed E-state index contributed by atoms with van der Waals surface area (Å²) in [6, 6.07) is 1.99. The third-order valence-electron chi connectivity index (χ3n) is 1.25. The summed E-state index contributed by atoms with van der Waals surface area (Å²) in [5.74, 6) is 0.606. The van der Waals surface area contributed by atoms with Crippen molar-refractivity contribution >= 4 is 5.82 Å². The second-order valence-electron chi connectivity index (χ2n) is 2.34. The van der Waals surface area contributed by atoms with E-state index in [-0.39, 0.29) is 6.04 Å². The maximum absolute atomic E-state index is 6.76. The van der Waals surface area contributed by atoms with Crippen LogP contribution in [0.5, 0.6) is 0 Å². The van der Waals surface area contributed by atoms with Gasteiger partial charge in [0.25, 0.3) is 5.82 Å². The molecule has 0 saturated carbocycles. The first-order chi connectivity index (χ1) is 4.75. The molecule has 0 aliphatic carbocycles. The zero-order valence-electron chi connectivity index (χ0n) is 6.07. The fraction of sp³-hybridized carbons (Fsp3) is 0.429. The topological polar surface area (TPSA) is 22.2 Å². The molecule has 10 heavy (non-hydrogen) atoms. The minimum absolute atomic E-state index is 0.277. The number of nitrogens with zero attached hydrogens (tertiary/aromatic N) is 3. The van der Waals surface area contributed by atoms with Crippen LogP contribution >= 0.6 is 0 Å². The van der Waals surface area contributed by atoms with Crippen molar-refractivity contribution in [2.45, 2.75) is 19.9 Å². The molecule has 0 bridgehead atoms. The monoisotopic (exact) mass is 135 g/mol. The molecule has 0 saturated heterocycles.